The fraction of sp³-hybridized carbons (Fsp3) is 0.375. The van der Waals surface area contributed by atoms with Crippen molar-refractivity contribution in [3.05, 3.63) is 17.8 Å². The van der Waals surface area contributed by atoms with Crippen molar-refractivity contribution in [3.8, 4) is 5.75 Å². The van der Waals surface area contributed by atoms with Crippen molar-refractivity contribution < 1.29 is 14.7 Å². The molecule has 6 heteroatoms. The normalized spacial score (nSPS) is 14.1. The van der Waals surface area contributed by atoms with E-state index in [1.807, 2.05) is 0 Å². The molecule has 1 aromatic heterocycles. The summed E-state index contributed by atoms with van der Waals surface area (Å²) in [5, 5.41) is 20.4. The van der Waals surface area contributed by atoms with Crippen molar-refractivity contribution in [2.45, 2.75) is 12.8 Å². The molecule has 1 aliphatic heterocycles. The summed E-state index contributed by atoms with van der Waals surface area (Å²) in [6.07, 6.45) is 3.46. The van der Waals surface area contributed by atoms with Gasteiger partial charge in [-0.15, -0.1) is 0 Å². The molecule has 3 N–H and O–H groups in total. The Labute approximate surface area is 81.9 Å². The van der Waals surface area contributed by atoms with Gasteiger partial charge in [0, 0.05) is 6.54 Å². The van der Waals surface area contributed by atoms with Gasteiger partial charge in [-0.3, -0.25) is 0 Å². The SMILES string of the molecule is OB(O)Oc1cnc2c(c1)CCCN2. The third-order valence-corrected chi connectivity index (χ3v) is 2.10. The van der Waals surface area contributed by atoms with Crippen LogP contribution in [0.15, 0.2) is 12.3 Å². The highest BCUT2D eigenvalue weighted by atomic mass is 16.6. The summed E-state index contributed by atoms with van der Waals surface area (Å²) in [4.78, 5) is 4.11. The standard InChI is InChI=1S/C8H11BN2O3/c12-9(13)14-7-4-6-2-1-3-10-8(6)11-5-7/h4-5,12-13H,1-3H2,(H,10,11). The minimum atomic E-state index is -1.79. The van der Waals surface area contributed by atoms with Gasteiger partial charge in [-0.05, 0) is 24.5 Å². The molecule has 74 valence electrons. The Morgan fingerprint density at radius 2 is 2.36 bits per heavy atom. The van der Waals surface area contributed by atoms with Crippen molar-refractivity contribution >= 4 is 13.1 Å². The molecule has 0 saturated heterocycles. The molecule has 0 spiro atoms. The van der Waals surface area contributed by atoms with Crippen LogP contribution in [0.4, 0.5) is 5.82 Å². The van der Waals surface area contributed by atoms with Gasteiger partial charge in [0.1, 0.15) is 11.6 Å². The summed E-state index contributed by atoms with van der Waals surface area (Å²) in [7, 11) is -1.79. The molecule has 0 unspecified atom stereocenters. The first-order chi connectivity index (χ1) is 6.75. The van der Waals surface area contributed by atoms with E-state index in [4.69, 9.17) is 14.7 Å². The largest absolute Gasteiger partial charge is 0.707 e. The van der Waals surface area contributed by atoms with E-state index in [2.05, 4.69) is 10.3 Å². The fourth-order valence-electron chi connectivity index (χ4n) is 1.51. The van der Waals surface area contributed by atoms with Gasteiger partial charge < -0.3 is 20.0 Å². The Kier molecular flexibility index (Phi) is 2.56. The second kappa shape index (κ2) is 3.85. The highest BCUT2D eigenvalue weighted by Gasteiger charge is 2.14. The van der Waals surface area contributed by atoms with Crippen LogP contribution in [0.2, 0.25) is 0 Å². The molecule has 0 fully saturated rings. The number of hydrogen-bond donors (Lipinski definition) is 3. The highest BCUT2D eigenvalue weighted by molar-refractivity contribution is 6.33. The van der Waals surface area contributed by atoms with Crippen LogP contribution in [-0.2, 0) is 6.42 Å². The summed E-state index contributed by atoms with van der Waals surface area (Å²) >= 11 is 0. The zero-order valence-electron chi connectivity index (χ0n) is 7.60. The van der Waals surface area contributed by atoms with Crippen LogP contribution in [0.25, 0.3) is 0 Å². The molecule has 0 radical (unpaired) electrons. The predicted molar refractivity (Wildman–Crippen MR) is 51.9 cm³/mol. The van der Waals surface area contributed by atoms with E-state index in [1.165, 1.54) is 6.20 Å². The van der Waals surface area contributed by atoms with Gasteiger partial charge in [0.25, 0.3) is 0 Å². The molecule has 0 saturated carbocycles. The van der Waals surface area contributed by atoms with Crippen LogP contribution in [0.3, 0.4) is 0 Å². The molecule has 0 bridgehead atoms. The summed E-state index contributed by atoms with van der Waals surface area (Å²) in [6.45, 7) is 0.933. The summed E-state index contributed by atoms with van der Waals surface area (Å²) in [5.74, 6) is 1.23. The Balaban J connectivity index is 2.20. The molecule has 5 nitrogen and oxygen atoms in total. The first-order valence-electron chi connectivity index (χ1n) is 4.51. The predicted octanol–water partition coefficient (Wildman–Crippen LogP) is -0.212. The van der Waals surface area contributed by atoms with Crippen molar-refractivity contribution in [2.24, 2.45) is 0 Å². The number of nitrogens with one attached hydrogen (secondary N) is 1. The lowest BCUT2D eigenvalue weighted by molar-refractivity contribution is 0.287. The summed E-state index contributed by atoms with van der Waals surface area (Å²) < 4.78 is 4.70. The van der Waals surface area contributed by atoms with Gasteiger partial charge in [0.15, 0.2) is 0 Å². The number of pyridine rings is 1. The second-order valence-corrected chi connectivity index (χ2v) is 3.15. The van der Waals surface area contributed by atoms with E-state index in [0.29, 0.717) is 5.75 Å². The van der Waals surface area contributed by atoms with E-state index < -0.39 is 7.32 Å². The van der Waals surface area contributed by atoms with Crippen LogP contribution in [0, 0.1) is 0 Å². The molecule has 0 amide bonds. The molecule has 2 rings (SSSR count). The monoisotopic (exact) mass is 194 g/mol. The third-order valence-electron chi connectivity index (χ3n) is 2.10. The smallest absolute Gasteiger partial charge is 0.511 e. The van der Waals surface area contributed by atoms with Crippen molar-refractivity contribution in [2.75, 3.05) is 11.9 Å². The van der Waals surface area contributed by atoms with Crippen LogP contribution in [-0.4, -0.2) is 28.9 Å². The van der Waals surface area contributed by atoms with Crippen LogP contribution < -0.4 is 9.97 Å². The van der Waals surface area contributed by atoms with Gasteiger partial charge >= 0.3 is 7.32 Å². The summed E-state index contributed by atoms with van der Waals surface area (Å²) in [6, 6.07) is 1.77. The molecular formula is C8H11BN2O3. The van der Waals surface area contributed by atoms with Crippen LogP contribution in [0.5, 0.6) is 5.75 Å². The van der Waals surface area contributed by atoms with Gasteiger partial charge in [-0.2, -0.15) is 0 Å². The first kappa shape index (κ1) is 9.30. The van der Waals surface area contributed by atoms with Gasteiger partial charge in [-0.1, -0.05) is 0 Å². The Hall–Kier alpha value is -1.27. The second-order valence-electron chi connectivity index (χ2n) is 3.15. The molecular weight excluding hydrogens is 183 g/mol. The topological polar surface area (TPSA) is 74.6 Å². The average Bonchev–Trinajstić information content (AvgIpc) is 2.17. The first-order valence-corrected chi connectivity index (χ1v) is 4.51. The zero-order chi connectivity index (χ0) is 9.97. The maximum Gasteiger partial charge on any atom is 0.707 e. The number of fused-ring (bicyclic) bond motifs is 1. The van der Waals surface area contributed by atoms with Crippen LogP contribution >= 0.6 is 0 Å². The molecule has 0 aliphatic carbocycles. The zero-order valence-corrected chi connectivity index (χ0v) is 7.60. The Bertz CT molecular complexity index is 332. The van der Waals surface area contributed by atoms with Crippen molar-refractivity contribution in [1.82, 2.24) is 4.98 Å². The van der Waals surface area contributed by atoms with Gasteiger partial charge in [-0.25, -0.2) is 4.98 Å². The molecule has 14 heavy (non-hydrogen) atoms. The minimum Gasteiger partial charge on any atom is -0.511 e. The Morgan fingerprint density at radius 3 is 3.14 bits per heavy atom. The quantitative estimate of drug-likeness (QED) is 0.568. The molecule has 2 heterocycles. The van der Waals surface area contributed by atoms with Crippen LogP contribution in [0.1, 0.15) is 12.0 Å². The van der Waals surface area contributed by atoms with Gasteiger partial charge in [0.2, 0.25) is 0 Å². The van der Waals surface area contributed by atoms with E-state index in [0.717, 1.165) is 30.8 Å². The maximum absolute atomic E-state index is 8.60. The van der Waals surface area contributed by atoms with Crippen molar-refractivity contribution in [3.63, 3.8) is 0 Å². The van der Waals surface area contributed by atoms with E-state index >= 15 is 0 Å². The maximum atomic E-state index is 8.60. The van der Waals surface area contributed by atoms with E-state index in [-0.39, 0.29) is 0 Å². The molecule has 1 aliphatic rings. The van der Waals surface area contributed by atoms with E-state index in [1.54, 1.807) is 6.07 Å². The summed E-state index contributed by atoms with van der Waals surface area (Å²) in [5.41, 5.74) is 1.05. The van der Waals surface area contributed by atoms with E-state index in [9.17, 15) is 0 Å². The third kappa shape index (κ3) is 1.97. The number of aromatic nitrogens is 1. The lowest BCUT2D eigenvalue weighted by atomic mass is 10.1. The Morgan fingerprint density at radius 1 is 1.50 bits per heavy atom. The molecule has 1 aromatic rings. The lowest BCUT2D eigenvalue weighted by Gasteiger charge is -2.17. The molecule has 0 aromatic carbocycles. The van der Waals surface area contributed by atoms with Crippen molar-refractivity contribution in [1.29, 1.82) is 0 Å². The number of nitrogens with zero attached hydrogens (tertiary/aromatic N) is 1. The number of rotatable bonds is 2. The number of aryl methyl sites for hydroxylation is 1. The lowest BCUT2D eigenvalue weighted by Crippen LogP contribution is -2.21. The minimum absolute atomic E-state index is 0.377. The number of anilines is 1. The number of hydrogen-bond acceptors (Lipinski definition) is 5. The average molecular weight is 194 g/mol. The fourth-order valence-corrected chi connectivity index (χ4v) is 1.51. The van der Waals surface area contributed by atoms with Gasteiger partial charge in [0.05, 0.1) is 6.20 Å². The highest BCUT2D eigenvalue weighted by Crippen LogP contribution is 2.23. The molecule has 0 atom stereocenters.